The fraction of sp³-hybridized carbons (Fsp3) is 0.0500. The summed E-state index contributed by atoms with van der Waals surface area (Å²) in [5.74, 6) is 0.138. The molecule has 0 atom stereocenters. The smallest absolute Gasteiger partial charge is 0.261 e. The third-order valence-corrected chi connectivity index (χ3v) is 5.62. The number of H-pyrrole nitrogens is 1. The molecule has 0 fully saturated rings. The lowest BCUT2D eigenvalue weighted by molar-refractivity contribution is -0.113. The molecular formula is C20H15N5O3S2. The number of hydrogen-bond acceptors (Lipinski definition) is 8. The molecular weight excluding hydrogens is 422 g/mol. The van der Waals surface area contributed by atoms with Gasteiger partial charge in [-0.2, -0.15) is 0 Å². The van der Waals surface area contributed by atoms with Crippen LogP contribution in [0.25, 0.3) is 22.7 Å². The molecule has 0 aliphatic heterocycles. The van der Waals surface area contributed by atoms with Crippen molar-refractivity contribution in [2.75, 3.05) is 11.1 Å². The van der Waals surface area contributed by atoms with Gasteiger partial charge in [0.05, 0.1) is 23.3 Å². The van der Waals surface area contributed by atoms with E-state index in [-0.39, 0.29) is 28.1 Å². The van der Waals surface area contributed by atoms with E-state index in [1.807, 2.05) is 35.7 Å². The number of nitrogens with zero attached hydrogens (tertiary/aromatic N) is 2. The van der Waals surface area contributed by atoms with Crippen LogP contribution in [0, 0.1) is 5.41 Å². The number of rotatable bonds is 7. The molecule has 0 saturated heterocycles. The van der Waals surface area contributed by atoms with Gasteiger partial charge >= 0.3 is 0 Å². The van der Waals surface area contributed by atoms with E-state index >= 15 is 0 Å². The maximum atomic E-state index is 12.3. The van der Waals surface area contributed by atoms with Gasteiger partial charge in [-0.05, 0) is 12.1 Å². The van der Waals surface area contributed by atoms with E-state index in [4.69, 9.17) is 9.83 Å². The third-order valence-electron chi connectivity index (χ3n) is 3.99. The number of thiazole rings is 1. The van der Waals surface area contributed by atoms with Crippen molar-refractivity contribution in [3.05, 3.63) is 70.0 Å². The van der Waals surface area contributed by atoms with Crippen LogP contribution in [0.1, 0.15) is 5.56 Å². The van der Waals surface area contributed by atoms with Crippen LogP contribution in [-0.4, -0.2) is 32.8 Å². The van der Waals surface area contributed by atoms with Crippen molar-refractivity contribution < 1.29 is 9.21 Å². The summed E-state index contributed by atoms with van der Waals surface area (Å²) in [5, 5.41) is 12.8. The van der Waals surface area contributed by atoms with E-state index < -0.39 is 5.56 Å². The highest BCUT2D eigenvalue weighted by Crippen LogP contribution is 2.25. The minimum Gasteiger partial charge on any atom is -0.463 e. The van der Waals surface area contributed by atoms with E-state index in [2.05, 4.69) is 20.3 Å². The summed E-state index contributed by atoms with van der Waals surface area (Å²) >= 11 is 2.42. The lowest BCUT2D eigenvalue weighted by Crippen LogP contribution is -2.18. The molecule has 0 aliphatic carbocycles. The predicted molar refractivity (Wildman–Crippen MR) is 117 cm³/mol. The highest BCUT2D eigenvalue weighted by Gasteiger charge is 2.15. The molecule has 1 aromatic carbocycles. The van der Waals surface area contributed by atoms with Gasteiger partial charge in [0.1, 0.15) is 5.69 Å². The Kier molecular flexibility index (Phi) is 5.87. The number of benzene rings is 1. The Hall–Kier alpha value is -3.50. The highest BCUT2D eigenvalue weighted by molar-refractivity contribution is 7.99. The van der Waals surface area contributed by atoms with Crippen LogP contribution in [0.5, 0.6) is 0 Å². The summed E-state index contributed by atoms with van der Waals surface area (Å²) in [6, 6.07) is 13.0. The number of amides is 1. The Morgan fingerprint density at radius 2 is 2.07 bits per heavy atom. The summed E-state index contributed by atoms with van der Waals surface area (Å²) in [5.41, 5.74) is 1.65. The zero-order valence-corrected chi connectivity index (χ0v) is 17.0. The number of aromatic amines is 1. The second-order valence-corrected chi connectivity index (χ2v) is 7.82. The average molecular weight is 438 g/mol. The van der Waals surface area contributed by atoms with Crippen molar-refractivity contribution in [1.29, 1.82) is 5.41 Å². The molecule has 4 aromatic rings. The monoisotopic (exact) mass is 437 g/mol. The summed E-state index contributed by atoms with van der Waals surface area (Å²) < 4.78 is 5.30. The molecule has 0 saturated carbocycles. The molecule has 1 amide bonds. The molecule has 30 heavy (non-hydrogen) atoms. The Morgan fingerprint density at radius 3 is 2.80 bits per heavy atom. The summed E-state index contributed by atoms with van der Waals surface area (Å²) in [6.07, 6.45) is 2.39. The van der Waals surface area contributed by atoms with Gasteiger partial charge in [0.15, 0.2) is 16.0 Å². The molecule has 3 aromatic heterocycles. The van der Waals surface area contributed by atoms with Crippen molar-refractivity contribution in [3.63, 3.8) is 0 Å². The van der Waals surface area contributed by atoms with Crippen LogP contribution in [0.3, 0.4) is 0 Å². The fourth-order valence-electron chi connectivity index (χ4n) is 2.63. The molecule has 3 N–H and O–H groups in total. The minimum absolute atomic E-state index is 0.0325. The molecule has 0 spiro atoms. The van der Waals surface area contributed by atoms with Gasteiger partial charge in [-0.15, -0.1) is 11.3 Å². The summed E-state index contributed by atoms with van der Waals surface area (Å²) in [6.45, 7) is 0. The van der Waals surface area contributed by atoms with E-state index in [0.717, 1.165) is 29.2 Å². The first kappa shape index (κ1) is 19.8. The van der Waals surface area contributed by atoms with E-state index in [1.54, 1.807) is 12.1 Å². The summed E-state index contributed by atoms with van der Waals surface area (Å²) in [4.78, 5) is 35.9. The zero-order valence-electron chi connectivity index (χ0n) is 15.4. The molecule has 0 aliphatic rings. The number of furan rings is 1. The molecule has 8 nitrogen and oxygen atoms in total. The Balaban J connectivity index is 1.44. The first-order valence-corrected chi connectivity index (χ1v) is 10.6. The molecule has 0 unspecified atom stereocenters. The number of aromatic nitrogens is 3. The van der Waals surface area contributed by atoms with Gasteiger partial charge in [0.2, 0.25) is 5.91 Å². The largest absolute Gasteiger partial charge is 0.463 e. The predicted octanol–water partition coefficient (Wildman–Crippen LogP) is 3.88. The number of anilines is 1. The molecule has 0 radical (unpaired) electrons. The van der Waals surface area contributed by atoms with Crippen LogP contribution in [0.4, 0.5) is 5.13 Å². The van der Waals surface area contributed by atoms with E-state index in [1.165, 1.54) is 17.6 Å². The van der Waals surface area contributed by atoms with Crippen LogP contribution in [0.15, 0.2) is 68.5 Å². The second-order valence-electron chi connectivity index (χ2n) is 6.00. The quantitative estimate of drug-likeness (QED) is 0.229. The molecule has 4 rings (SSSR count). The Labute approximate surface area is 178 Å². The van der Waals surface area contributed by atoms with Gasteiger partial charge < -0.3 is 20.1 Å². The van der Waals surface area contributed by atoms with Crippen molar-refractivity contribution in [2.24, 2.45) is 0 Å². The van der Waals surface area contributed by atoms with Crippen molar-refractivity contribution in [1.82, 2.24) is 15.0 Å². The molecule has 3 heterocycles. The first-order valence-electron chi connectivity index (χ1n) is 8.76. The van der Waals surface area contributed by atoms with Crippen molar-refractivity contribution >= 4 is 40.4 Å². The second kappa shape index (κ2) is 8.89. The normalized spacial score (nSPS) is 10.7. The number of thioether (sulfide) groups is 1. The highest BCUT2D eigenvalue weighted by atomic mass is 32.2. The number of carbonyl (C=O) groups is 1. The van der Waals surface area contributed by atoms with Gasteiger partial charge in [0.25, 0.3) is 5.56 Å². The van der Waals surface area contributed by atoms with Gasteiger partial charge in [-0.25, -0.2) is 9.97 Å². The van der Waals surface area contributed by atoms with Gasteiger partial charge in [0, 0.05) is 17.2 Å². The van der Waals surface area contributed by atoms with Gasteiger partial charge in [-0.1, -0.05) is 42.1 Å². The topological polar surface area (TPSA) is 125 Å². The lowest BCUT2D eigenvalue weighted by atomic mass is 10.2. The molecule has 0 bridgehead atoms. The maximum absolute atomic E-state index is 12.3. The van der Waals surface area contributed by atoms with Crippen LogP contribution in [-0.2, 0) is 4.79 Å². The fourth-order valence-corrected chi connectivity index (χ4v) is 4.02. The van der Waals surface area contributed by atoms with Crippen LogP contribution < -0.4 is 10.9 Å². The zero-order chi connectivity index (χ0) is 20.9. The molecule has 10 heteroatoms. The average Bonchev–Trinajstić information content (AvgIpc) is 3.45. The maximum Gasteiger partial charge on any atom is 0.261 e. The third kappa shape index (κ3) is 4.39. The standard InChI is InChI=1S/C20H15N5O3S2/c21-9-13-17(15-7-4-8-28-15)24-20(25-18(13)27)30-11-16(26)23-19-22-14(10-29-19)12-5-2-1-3-6-12/h1-10,21H,11H2,(H,22,23,26)(H,24,25,27). The van der Waals surface area contributed by atoms with Crippen molar-refractivity contribution in [3.8, 4) is 22.7 Å². The Morgan fingerprint density at radius 1 is 1.23 bits per heavy atom. The Bertz CT molecular complexity index is 1230. The minimum atomic E-state index is -0.471. The first-order chi connectivity index (χ1) is 14.6. The SMILES string of the molecule is N=Cc1c(-c2ccco2)nc(SCC(=O)Nc2nc(-c3ccccc3)cs2)[nH]c1=O. The number of hydrogen-bond donors (Lipinski definition) is 3. The summed E-state index contributed by atoms with van der Waals surface area (Å²) in [7, 11) is 0. The lowest BCUT2D eigenvalue weighted by Gasteiger charge is -2.05. The number of carbonyl (C=O) groups excluding carboxylic acids is 1. The van der Waals surface area contributed by atoms with Gasteiger partial charge in [-0.3, -0.25) is 9.59 Å². The van der Waals surface area contributed by atoms with Crippen molar-refractivity contribution in [2.45, 2.75) is 5.16 Å². The molecule has 150 valence electrons. The number of nitrogens with one attached hydrogen (secondary N) is 3. The van der Waals surface area contributed by atoms with Crippen LogP contribution >= 0.6 is 23.1 Å². The van der Waals surface area contributed by atoms with E-state index in [0.29, 0.717) is 10.9 Å². The van der Waals surface area contributed by atoms with Crippen LogP contribution in [0.2, 0.25) is 0 Å². The van der Waals surface area contributed by atoms with E-state index in [9.17, 15) is 9.59 Å².